The SMILES string of the molecule is Cc1ccc(OCC(=O)NC2CC2)cc1. The highest BCUT2D eigenvalue weighted by Gasteiger charge is 2.23. The summed E-state index contributed by atoms with van der Waals surface area (Å²) in [6, 6.07) is 8.08. The van der Waals surface area contributed by atoms with Gasteiger partial charge in [0.05, 0.1) is 0 Å². The van der Waals surface area contributed by atoms with Gasteiger partial charge < -0.3 is 10.1 Å². The average molecular weight is 205 g/mol. The molecule has 2 rings (SSSR count). The molecule has 1 saturated carbocycles. The first-order valence-corrected chi connectivity index (χ1v) is 5.23. The van der Waals surface area contributed by atoms with Crippen LogP contribution in [0, 0.1) is 6.92 Å². The zero-order valence-electron chi connectivity index (χ0n) is 8.82. The summed E-state index contributed by atoms with van der Waals surface area (Å²) < 4.78 is 5.34. The van der Waals surface area contributed by atoms with Gasteiger partial charge in [-0.15, -0.1) is 0 Å². The maximum atomic E-state index is 11.3. The Hall–Kier alpha value is -1.51. The van der Waals surface area contributed by atoms with E-state index in [9.17, 15) is 4.79 Å². The Morgan fingerprint density at radius 1 is 1.40 bits per heavy atom. The molecule has 3 nitrogen and oxygen atoms in total. The average Bonchev–Trinajstić information content (AvgIpc) is 3.01. The van der Waals surface area contributed by atoms with Crippen molar-refractivity contribution in [2.45, 2.75) is 25.8 Å². The van der Waals surface area contributed by atoms with Gasteiger partial charge in [-0.1, -0.05) is 17.7 Å². The molecule has 0 spiro atoms. The van der Waals surface area contributed by atoms with Crippen molar-refractivity contribution in [3.8, 4) is 5.75 Å². The van der Waals surface area contributed by atoms with Crippen LogP contribution in [-0.2, 0) is 4.79 Å². The minimum Gasteiger partial charge on any atom is -0.484 e. The monoisotopic (exact) mass is 205 g/mol. The van der Waals surface area contributed by atoms with Crippen molar-refractivity contribution in [1.82, 2.24) is 5.32 Å². The summed E-state index contributed by atoms with van der Waals surface area (Å²) in [5.41, 5.74) is 1.18. The standard InChI is InChI=1S/C12H15NO2/c1-9-2-6-11(7-3-9)15-8-12(14)13-10-4-5-10/h2-3,6-7,10H,4-5,8H2,1H3,(H,13,14). The third-order valence-electron chi connectivity index (χ3n) is 2.33. The van der Waals surface area contributed by atoms with Crippen LogP contribution in [0.1, 0.15) is 18.4 Å². The summed E-state index contributed by atoms with van der Waals surface area (Å²) in [5.74, 6) is 0.713. The Kier molecular flexibility index (Phi) is 2.90. The molecule has 0 radical (unpaired) electrons. The number of nitrogens with one attached hydrogen (secondary N) is 1. The number of rotatable bonds is 4. The second-order valence-corrected chi connectivity index (χ2v) is 3.94. The van der Waals surface area contributed by atoms with Gasteiger partial charge in [-0.25, -0.2) is 0 Å². The fraction of sp³-hybridized carbons (Fsp3) is 0.417. The van der Waals surface area contributed by atoms with E-state index in [1.807, 2.05) is 31.2 Å². The molecule has 1 N–H and O–H groups in total. The molecule has 1 aliphatic carbocycles. The van der Waals surface area contributed by atoms with Crippen LogP contribution in [-0.4, -0.2) is 18.6 Å². The molecule has 0 heterocycles. The summed E-state index contributed by atoms with van der Waals surface area (Å²) in [5, 5.41) is 2.87. The van der Waals surface area contributed by atoms with Gasteiger partial charge in [0.25, 0.3) is 5.91 Å². The molecular formula is C12H15NO2. The predicted molar refractivity (Wildman–Crippen MR) is 57.8 cm³/mol. The number of carbonyl (C=O) groups is 1. The number of aryl methyl sites for hydroxylation is 1. The third kappa shape index (κ3) is 3.27. The van der Waals surface area contributed by atoms with Crippen molar-refractivity contribution in [3.05, 3.63) is 29.8 Å². The highest BCUT2D eigenvalue weighted by molar-refractivity contribution is 5.78. The highest BCUT2D eigenvalue weighted by atomic mass is 16.5. The summed E-state index contributed by atoms with van der Waals surface area (Å²) in [7, 11) is 0. The minimum absolute atomic E-state index is 0.0296. The zero-order valence-corrected chi connectivity index (χ0v) is 8.82. The lowest BCUT2D eigenvalue weighted by atomic mass is 10.2. The van der Waals surface area contributed by atoms with Crippen LogP contribution in [0.3, 0.4) is 0 Å². The molecule has 0 atom stereocenters. The molecule has 1 aliphatic rings. The number of amides is 1. The molecule has 0 bridgehead atoms. The van der Waals surface area contributed by atoms with Crippen molar-refractivity contribution in [3.63, 3.8) is 0 Å². The summed E-state index contributed by atoms with van der Waals surface area (Å²) >= 11 is 0. The largest absolute Gasteiger partial charge is 0.484 e. The van der Waals surface area contributed by atoms with E-state index >= 15 is 0 Å². The van der Waals surface area contributed by atoms with Crippen LogP contribution in [0.5, 0.6) is 5.75 Å². The van der Waals surface area contributed by atoms with E-state index in [0.29, 0.717) is 6.04 Å². The molecule has 0 aromatic heterocycles. The van der Waals surface area contributed by atoms with E-state index in [1.54, 1.807) is 0 Å². The fourth-order valence-corrected chi connectivity index (χ4v) is 1.28. The highest BCUT2D eigenvalue weighted by Crippen LogP contribution is 2.18. The Balaban J connectivity index is 1.76. The molecule has 1 amide bonds. The molecule has 80 valence electrons. The van der Waals surface area contributed by atoms with Gasteiger partial charge in [0.1, 0.15) is 5.75 Å². The molecule has 15 heavy (non-hydrogen) atoms. The first kappa shape index (κ1) is 10.0. The lowest BCUT2D eigenvalue weighted by molar-refractivity contribution is -0.123. The molecule has 0 aliphatic heterocycles. The number of ether oxygens (including phenoxy) is 1. The quantitative estimate of drug-likeness (QED) is 0.811. The van der Waals surface area contributed by atoms with E-state index in [1.165, 1.54) is 5.56 Å². The predicted octanol–water partition coefficient (Wildman–Crippen LogP) is 1.65. The van der Waals surface area contributed by atoms with Crippen LogP contribution < -0.4 is 10.1 Å². The second kappa shape index (κ2) is 4.34. The fourth-order valence-electron chi connectivity index (χ4n) is 1.28. The van der Waals surface area contributed by atoms with Crippen molar-refractivity contribution in [1.29, 1.82) is 0 Å². The topological polar surface area (TPSA) is 38.3 Å². The first-order valence-electron chi connectivity index (χ1n) is 5.23. The Labute approximate surface area is 89.4 Å². The van der Waals surface area contributed by atoms with Crippen LogP contribution in [0.25, 0.3) is 0 Å². The van der Waals surface area contributed by atoms with E-state index < -0.39 is 0 Å². The van der Waals surface area contributed by atoms with Crippen LogP contribution in [0.2, 0.25) is 0 Å². The molecule has 0 saturated heterocycles. The molecular weight excluding hydrogens is 190 g/mol. The van der Waals surface area contributed by atoms with Crippen LogP contribution in [0.15, 0.2) is 24.3 Å². The normalized spacial score (nSPS) is 14.7. The van der Waals surface area contributed by atoms with Gasteiger partial charge in [-0.3, -0.25) is 4.79 Å². The van der Waals surface area contributed by atoms with Gasteiger partial charge >= 0.3 is 0 Å². The number of carbonyl (C=O) groups excluding carboxylic acids is 1. The zero-order chi connectivity index (χ0) is 10.7. The maximum Gasteiger partial charge on any atom is 0.258 e. The van der Waals surface area contributed by atoms with E-state index in [-0.39, 0.29) is 12.5 Å². The third-order valence-corrected chi connectivity index (χ3v) is 2.33. The smallest absolute Gasteiger partial charge is 0.258 e. The Morgan fingerprint density at radius 3 is 2.67 bits per heavy atom. The van der Waals surface area contributed by atoms with E-state index in [4.69, 9.17) is 4.74 Å². The summed E-state index contributed by atoms with van der Waals surface area (Å²) in [4.78, 5) is 11.3. The summed E-state index contributed by atoms with van der Waals surface area (Å²) in [6.45, 7) is 2.13. The number of hydrogen-bond donors (Lipinski definition) is 1. The number of hydrogen-bond acceptors (Lipinski definition) is 2. The molecule has 3 heteroatoms. The van der Waals surface area contributed by atoms with Crippen molar-refractivity contribution >= 4 is 5.91 Å². The summed E-state index contributed by atoms with van der Waals surface area (Å²) in [6.07, 6.45) is 2.21. The van der Waals surface area contributed by atoms with Crippen molar-refractivity contribution < 1.29 is 9.53 Å². The molecule has 1 aromatic carbocycles. The molecule has 1 fully saturated rings. The number of benzene rings is 1. The van der Waals surface area contributed by atoms with Crippen LogP contribution >= 0.6 is 0 Å². The maximum absolute atomic E-state index is 11.3. The molecule has 1 aromatic rings. The van der Waals surface area contributed by atoms with Gasteiger partial charge in [0.15, 0.2) is 6.61 Å². The van der Waals surface area contributed by atoms with E-state index in [2.05, 4.69) is 5.32 Å². The van der Waals surface area contributed by atoms with Gasteiger partial charge in [-0.2, -0.15) is 0 Å². The Morgan fingerprint density at radius 2 is 2.07 bits per heavy atom. The van der Waals surface area contributed by atoms with Crippen molar-refractivity contribution in [2.24, 2.45) is 0 Å². The first-order chi connectivity index (χ1) is 7.24. The van der Waals surface area contributed by atoms with Crippen molar-refractivity contribution in [2.75, 3.05) is 6.61 Å². The molecule has 0 unspecified atom stereocenters. The Bertz CT molecular complexity index is 341. The lowest BCUT2D eigenvalue weighted by Crippen LogP contribution is -2.30. The van der Waals surface area contributed by atoms with E-state index in [0.717, 1.165) is 18.6 Å². The second-order valence-electron chi connectivity index (χ2n) is 3.94. The van der Waals surface area contributed by atoms with Gasteiger partial charge in [-0.05, 0) is 31.9 Å². The van der Waals surface area contributed by atoms with Gasteiger partial charge in [0, 0.05) is 6.04 Å². The van der Waals surface area contributed by atoms with Crippen LogP contribution in [0.4, 0.5) is 0 Å². The lowest BCUT2D eigenvalue weighted by Gasteiger charge is -2.06. The minimum atomic E-state index is -0.0296. The van der Waals surface area contributed by atoms with Gasteiger partial charge in [0.2, 0.25) is 0 Å².